The molecule has 0 saturated carbocycles. The number of sulfone groups is 1. The van der Waals surface area contributed by atoms with Crippen LogP contribution in [0, 0.1) is 6.92 Å². The lowest BCUT2D eigenvalue weighted by atomic mass is 10.0. The van der Waals surface area contributed by atoms with Crippen LogP contribution in [0.5, 0.6) is 0 Å². The Morgan fingerprint density at radius 1 is 1.10 bits per heavy atom. The number of carboxylic acids is 2. The first kappa shape index (κ1) is 23.6. The molecule has 0 aliphatic heterocycles. The SMILES string of the molecule is Cc1c(C(=O)O)ccc(S(=O)(=O)CC=Cc2ccc(C(F)(F)F)cc2Br)c1C(=O)O. The van der Waals surface area contributed by atoms with Crippen molar-refractivity contribution in [2.75, 3.05) is 5.75 Å². The molecule has 0 spiro atoms. The summed E-state index contributed by atoms with van der Waals surface area (Å²) in [7, 11) is -4.17. The summed E-state index contributed by atoms with van der Waals surface area (Å²) in [4.78, 5) is 22.2. The minimum Gasteiger partial charge on any atom is -0.478 e. The van der Waals surface area contributed by atoms with Crippen molar-refractivity contribution in [1.82, 2.24) is 0 Å². The van der Waals surface area contributed by atoms with Gasteiger partial charge in [-0.05, 0) is 42.3 Å². The third-order valence-electron chi connectivity index (χ3n) is 4.15. The molecule has 0 saturated heterocycles. The predicted molar refractivity (Wildman–Crippen MR) is 105 cm³/mol. The van der Waals surface area contributed by atoms with Gasteiger partial charge >= 0.3 is 18.1 Å². The Labute approximate surface area is 177 Å². The summed E-state index contributed by atoms with van der Waals surface area (Å²) in [6.45, 7) is 1.20. The fourth-order valence-electron chi connectivity index (χ4n) is 2.67. The van der Waals surface area contributed by atoms with Gasteiger partial charge in [0.1, 0.15) is 0 Å². The fraction of sp³-hybridized carbons (Fsp3) is 0.158. The molecule has 30 heavy (non-hydrogen) atoms. The summed E-state index contributed by atoms with van der Waals surface area (Å²) in [6.07, 6.45) is -2.09. The van der Waals surface area contributed by atoms with Crippen LogP contribution in [0.4, 0.5) is 13.2 Å². The molecule has 0 unspecified atom stereocenters. The molecule has 0 aliphatic carbocycles. The molecule has 0 bridgehead atoms. The number of alkyl halides is 3. The van der Waals surface area contributed by atoms with Gasteiger partial charge in [0.2, 0.25) is 0 Å². The van der Waals surface area contributed by atoms with Gasteiger partial charge in [0, 0.05) is 4.47 Å². The number of hydrogen-bond donors (Lipinski definition) is 2. The molecular formula is C19H14BrF3O6S. The first-order valence-corrected chi connectivity index (χ1v) is 10.6. The second-order valence-corrected chi connectivity index (χ2v) is 9.00. The van der Waals surface area contributed by atoms with Crippen molar-refractivity contribution in [3.63, 3.8) is 0 Å². The fourth-order valence-corrected chi connectivity index (χ4v) is 4.54. The normalized spacial score (nSPS) is 12.3. The zero-order chi connectivity index (χ0) is 22.9. The maximum atomic E-state index is 12.7. The zero-order valence-corrected chi connectivity index (χ0v) is 17.6. The van der Waals surface area contributed by atoms with Gasteiger partial charge in [-0.1, -0.05) is 34.1 Å². The smallest absolute Gasteiger partial charge is 0.416 e. The van der Waals surface area contributed by atoms with Gasteiger partial charge in [-0.15, -0.1) is 0 Å². The van der Waals surface area contributed by atoms with Crippen molar-refractivity contribution < 1.29 is 41.4 Å². The molecule has 0 aromatic heterocycles. The second-order valence-electron chi connectivity index (χ2n) is 6.14. The predicted octanol–water partition coefficient (Wildman–Crippen LogP) is 4.66. The van der Waals surface area contributed by atoms with Crippen LogP contribution in [0.2, 0.25) is 0 Å². The van der Waals surface area contributed by atoms with E-state index in [4.69, 9.17) is 5.11 Å². The van der Waals surface area contributed by atoms with Crippen LogP contribution >= 0.6 is 15.9 Å². The number of aromatic carboxylic acids is 2. The van der Waals surface area contributed by atoms with Gasteiger partial charge < -0.3 is 10.2 Å². The molecule has 2 N–H and O–H groups in total. The summed E-state index contributed by atoms with van der Waals surface area (Å²) in [5.41, 5.74) is -1.77. The molecule has 0 atom stereocenters. The van der Waals surface area contributed by atoms with Crippen molar-refractivity contribution in [3.05, 3.63) is 68.7 Å². The number of hydrogen-bond acceptors (Lipinski definition) is 4. The van der Waals surface area contributed by atoms with Gasteiger partial charge in [0.15, 0.2) is 9.84 Å². The van der Waals surface area contributed by atoms with Crippen molar-refractivity contribution in [3.8, 4) is 0 Å². The van der Waals surface area contributed by atoms with Gasteiger partial charge in [-0.25, -0.2) is 18.0 Å². The van der Waals surface area contributed by atoms with Crippen molar-refractivity contribution in [2.45, 2.75) is 18.0 Å². The van der Waals surface area contributed by atoms with Gasteiger partial charge in [-0.2, -0.15) is 13.2 Å². The van der Waals surface area contributed by atoms with Crippen LogP contribution in [0.3, 0.4) is 0 Å². The number of rotatable bonds is 6. The summed E-state index contributed by atoms with van der Waals surface area (Å²) < 4.78 is 63.5. The first-order valence-electron chi connectivity index (χ1n) is 8.12. The van der Waals surface area contributed by atoms with Crippen LogP contribution in [0.25, 0.3) is 6.08 Å². The van der Waals surface area contributed by atoms with E-state index in [2.05, 4.69) is 15.9 Å². The van der Waals surface area contributed by atoms with E-state index in [1.54, 1.807) is 0 Å². The maximum Gasteiger partial charge on any atom is 0.416 e. The molecule has 2 rings (SSSR count). The quantitative estimate of drug-likeness (QED) is 0.589. The first-order chi connectivity index (χ1) is 13.8. The Bertz CT molecular complexity index is 1150. The largest absolute Gasteiger partial charge is 0.478 e. The highest BCUT2D eigenvalue weighted by Crippen LogP contribution is 2.32. The standard InChI is InChI=1S/C19H14BrF3O6S/c1-10-13(17(24)25)6-7-15(16(10)18(26)27)30(28,29)8-2-3-11-4-5-12(9-14(11)20)19(21,22)23/h2-7,9H,8H2,1H3,(H,24,25)(H,26,27). The number of benzene rings is 2. The molecule has 2 aromatic carbocycles. The molecule has 0 aliphatic rings. The summed E-state index contributed by atoms with van der Waals surface area (Å²) in [5, 5.41) is 18.5. The Kier molecular flexibility index (Phi) is 6.77. The molecular weight excluding hydrogens is 493 g/mol. The van der Waals surface area contributed by atoms with Crippen molar-refractivity contribution >= 4 is 43.8 Å². The van der Waals surface area contributed by atoms with Gasteiger partial charge in [0.25, 0.3) is 0 Å². The van der Waals surface area contributed by atoms with Gasteiger partial charge in [0.05, 0.1) is 27.3 Å². The van der Waals surface area contributed by atoms with E-state index < -0.39 is 49.7 Å². The molecule has 0 amide bonds. The van der Waals surface area contributed by atoms with E-state index >= 15 is 0 Å². The van der Waals surface area contributed by atoms with Crippen LogP contribution in [-0.2, 0) is 16.0 Å². The maximum absolute atomic E-state index is 12.7. The molecule has 6 nitrogen and oxygen atoms in total. The topological polar surface area (TPSA) is 109 Å². The monoisotopic (exact) mass is 506 g/mol. The van der Waals surface area contributed by atoms with E-state index in [1.807, 2.05) is 0 Å². The Hall–Kier alpha value is -2.66. The van der Waals surface area contributed by atoms with E-state index in [9.17, 15) is 36.3 Å². The average Bonchev–Trinajstić information content (AvgIpc) is 2.61. The van der Waals surface area contributed by atoms with Crippen molar-refractivity contribution in [2.24, 2.45) is 0 Å². The highest BCUT2D eigenvalue weighted by atomic mass is 79.9. The van der Waals surface area contributed by atoms with Crippen LogP contribution in [0.1, 0.15) is 37.4 Å². The summed E-state index contributed by atoms with van der Waals surface area (Å²) in [6, 6.07) is 4.77. The third-order valence-corrected chi connectivity index (χ3v) is 6.48. The molecule has 0 heterocycles. The van der Waals surface area contributed by atoms with E-state index in [1.165, 1.54) is 13.0 Å². The highest BCUT2D eigenvalue weighted by molar-refractivity contribution is 9.10. The van der Waals surface area contributed by atoms with Crippen molar-refractivity contribution in [1.29, 1.82) is 0 Å². The minimum absolute atomic E-state index is 0.0962. The lowest BCUT2D eigenvalue weighted by Crippen LogP contribution is -2.15. The Morgan fingerprint density at radius 3 is 2.23 bits per heavy atom. The van der Waals surface area contributed by atoms with E-state index in [0.29, 0.717) is 0 Å². The highest BCUT2D eigenvalue weighted by Gasteiger charge is 2.30. The zero-order valence-electron chi connectivity index (χ0n) is 15.2. The van der Waals surface area contributed by atoms with Gasteiger partial charge in [-0.3, -0.25) is 0 Å². The van der Waals surface area contributed by atoms with E-state index in [-0.39, 0.29) is 21.2 Å². The molecule has 0 radical (unpaired) electrons. The Morgan fingerprint density at radius 2 is 1.73 bits per heavy atom. The van der Waals surface area contributed by atoms with Crippen LogP contribution in [0.15, 0.2) is 45.8 Å². The van der Waals surface area contributed by atoms with Crippen LogP contribution < -0.4 is 0 Å². The minimum atomic E-state index is -4.53. The average molecular weight is 507 g/mol. The van der Waals surface area contributed by atoms with Crippen LogP contribution in [-0.4, -0.2) is 36.3 Å². The Balaban J connectivity index is 2.37. The summed E-state index contributed by atoms with van der Waals surface area (Å²) >= 11 is 2.99. The molecule has 0 fully saturated rings. The van der Waals surface area contributed by atoms with E-state index in [0.717, 1.165) is 36.4 Å². The lowest BCUT2D eigenvalue weighted by Gasteiger charge is -2.11. The third kappa shape index (κ3) is 5.08. The number of carbonyl (C=O) groups is 2. The molecule has 11 heteroatoms. The summed E-state index contributed by atoms with van der Waals surface area (Å²) in [5.74, 6) is -3.64. The number of halogens is 4. The molecule has 2 aromatic rings. The molecule has 160 valence electrons. The lowest BCUT2D eigenvalue weighted by molar-refractivity contribution is -0.137. The number of carboxylic acid groups (broad SMARTS) is 2. The second kappa shape index (κ2) is 8.60.